The first-order valence-electron chi connectivity index (χ1n) is 6.00. The number of hydrogen-bond acceptors (Lipinski definition) is 4. The summed E-state index contributed by atoms with van der Waals surface area (Å²) in [4.78, 5) is 0. The quantitative estimate of drug-likeness (QED) is 0.924. The Hall–Kier alpha value is -1.52. The van der Waals surface area contributed by atoms with Gasteiger partial charge in [-0.25, -0.2) is 0 Å². The Kier molecular flexibility index (Phi) is 3.21. The van der Waals surface area contributed by atoms with Gasteiger partial charge in [-0.2, -0.15) is 11.3 Å². The average Bonchev–Trinajstić information content (AvgIpc) is 2.91. The molecule has 0 amide bonds. The largest absolute Gasteiger partial charge is 0.486 e. The Bertz CT molecular complexity index is 525. The van der Waals surface area contributed by atoms with Crippen LogP contribution in [-0.4, -0.2) is 13.2 Å². The van der Waals surface area contributed by atoms with Gasteiger partial charge < -0.3 is 15.2 Å². The molecule has 18 heavy (non-hydrogen) atoms. The molecule has 1 unspecified atom stereocenters. The molecule has 3 rings (SSSR count). The van der Waals surface area contributed by atoms with Gasteiger partial charge in [-0.1, -0.05) is 12.1 Å². The molecule has 0 radical (unpaired) electrons. The van der Waals surface area contributed by atoms with Crippen LogP contribution >= 0.6 is 11.3 Å². The average molecular weight is 261 g/mol. The molecule has 1 aliphatic rings. The molecule has 2 heterocycles. The summed E-state index contributed by atoms with van der Waals surface area (Å²) in [7, 11) is 0. The van der Waals surface area contributed by atoms with Crippen LogP contribution in [0.1, 0.15) is 17.2 Å². The Morgan fingerprint density at radius 3 is 2.94 bits per heavy atom. The van der Waals surface area contributed by atoms with Crippen molar-refractivity contribution in [3.63, 3.8) is 0 Å². The normalized spacial score (nSPS) is 15.4. The van der Waals surface area contributed by atoms with E-state index in [1.54, 1.807) is 11.3 Å². The zero-order chi connectivity index (χ0) is 12.4. The van der Waals surface area contributed by atoms with Gasteiger partial charge in [-0.15, -0.1) is 0 Å². The zero-order valence-electron chi connectivity index (χ0n) is 9.96. The number of nitrogens with two attached hydrogens (primary N) is 1. The maximum absolute atomic E-state index is 6.28. The van der Waals surface area contributed by atoms with Gasteiger partial charge in [-0.05, 0) is 34.9 Å². The van der Waals surface area contributed by atoms with Gasteiger partial charge in [0, 0.05) is 11.6 Å². The standard InChI is InChI=1S/C14H15NO2S/c15-12(8-10-4-7-18-9-10)11-2-1-3-13-14(11)17-6-5-16-13/h1-4,7,9,12H,5-6,8,15H2. The van der Waals surface area contributed by atoms with E-state index < -0.39 is 0 Å². The molecule has 0 bridgehead atoms. The van der Waals surface area contributed by atoms with Crippen LogP contribution < -0.4 is 15.2 Å². The van der Waals surface area contributed by atoms with Gasteiger partial charge in [-0.3, -0.25) is 0 Å². The Labute approximate surface area is 110 Å². The number of benzene rings is 1. The topological polar surface area (TPSA) is 44.5 Å². The molecule has 94 valence electrons. The Morgan fingerprint density at radius 2 is 2.11 bits per heavy atom. The summed E-state index contributed by atoms with van der Waals surface area (Å²) in [6.07, 6.45) is 0.823. The van der Waals surface area contributed by atoms with E-state index in [1.807, 2.05) is 18.2 Å². The predicted molar refractivity (Wildman–Crippen MR) is 72.4 cm³/mol. The molecule has 0 aliphatic carbocycles. The highest BCUT2D eigenvalue weighted by molar-refractivity contribution is 7.07. The molecule has 2 N–H and O–H groups in total. The molecular formula is C14H15NO2S. The van der Waals surface area contributed by atoms with Crippen molar-refractivity contribution in [2.75, 3.05) is 13.2 Å². The molecule has 3 nitrogen and oxygen atoms in total. The second kappa shape index (κ2) is 5.00. The SMILES string of the molecule is NC(Cc1ccsc1)c1cccc2c1OCCO2. The van der Waals surface area contributed by atoms with Crippen molar-refractivity contribution >= 4 is 11.3 Å². The third-order valence-corrected chi connectivity index (χ3v) is 3.76. The number of para-hydroxylation sites is 1. The molecule has 2 aromatic rings. The summed E-state index contributed by atoms with van der Waals surface area (Å²) >= 11 is 1.69. The van der Waals surface area contributed by atoms with Gasteiger partial charge in [0.1, 0.15) is 13.2 Å². The van der Waals surface area contributed by atoms with E-state index in [0.29, 0.717) is 13.2 Å². The molecule has 0 fully saturated rings. The number of hydrogen-bond donors (Lipinski definition) is 1. The summed E-state index contributed by atoms with van der Waals surface area (Å²) in [6, 6.07) is 7.96. The first kappa shape index (κ1) is 11.6. The third-order valence-electron chi connectivity index (χ3n) is 3.03. The molecular weight excluding hydrogens is 246 g/mol. The lowest BCUT2D eigenvalue weighted by molar-refractivity contribution is 0.169. The number of ether oxygens (including phenoxy) is 2. The smallest absolute Gasteiger partial charge is 0.166 e. The molecule has 1 aromatic heterocycles. The summed E-state index contributed by atoms with van der Waals surface area (Å²) in [5.74, 6) is 1.62. The Balaban J connectivity index is 1.87. The molecule has 1 atom stereocenters. The molecule has 0 spiro atoms. The van der Waals surface area contributed by atoms with E-state index in [9.17, 15) is 0 Å². The van der Waals surface area contributed by atoms with Crippen molar-refractivity contribution in [3.8, 4) is 11.5 Å². The van der Waals surface area contributed by atoms with Crippen molar-refractivity contribution < 1.29 is 9.47 Å². The van der Waals surface area contributed by atoms with Crippen LogP contribution in [0.25, 0.3) is 0 Å². The minimum Gasteiger partial charge on any atom is -0.486 e. The second-order valence-corrected chi connectivity index (χ2v) is 5.09. The van der Waals surface area contributed by atoms with E-state index in [2.05, 4.69) is 16.8 Å². The van der Waals surface area contributed by atoms with E-state index in [1.165, 1.54) is 5.56 Å². The number of rotatable bonds is 3. The summed E-state index contributed by atoms with van der Waals surface area (Å²) < 4.78 is 11.3. The highest BCUT2D eigenvalue weighted by atomic mass is 32.1. The van der Waals surface area contributed by atoms with Crippen molar-refractivity contribution in [1.82, 2.24) is 0 Å². The van der Waals surface area contributed by atoms with Crippen molar-refractivity contribution in [1.29, 1.82) is 0 Å². The zero-order valence-corrected chi connectivity index (χ0v) is 10.8. The van der Waals surface area contributed by atoms with Crippen molar-refractivity contribution in [2.45, 2.75) is 12.5 Å². The van der Waals surface area contributed by atoms with Gasteiger partial charge in [0.25, 0.3) is 0 Å². The maximum atomic E-state index is 6.28. The lowest BCUT2D eigenvalue weighted by Gasteiger charge is -2.23. The molecule has 1 aliphatic heterocycles. The van der Waals surface area contributed by atoms with Gasteiger partial charge in [0.15, 0.2) is 11.5 Å². The Morgan fingerprint density at radius 1 is 1.22 bits per heavy atom. The van der Waals surface area contributed by atoms with Crippen LogP contribution in [0.5, 0.6) is 11.5 Å². The number of thiophene rings is 1. The minimum atomic E-state index is -0.0590. The highest BCUT2D eigenvalue weighted by Crippen LogP contribution is 2.37. The molecule has 0 saturated heterocycles. The van der Waals surface area contributed by atoms with Crippen molar-refractivity contribution in [2.24, 2.45) is 5.73 Å². The van der Waals surface area contributed by atoms with Crippen LogP contribution in [0, 0.1) is 0 Å². The van der Waals surface area contributed by atoms with Crippen molar-refractivity contribution in [3.05, 3.63) is 46.2 Å². The van der Waals surface area contributed by atoms with E-state index in [4.69, 9.17) is 15.2 Å². The number of fused-ring (bicyclic) bond motifs is 1. The van der Waals surface area contributed by atoms with E-state index in [0.717, 1.165) is 23.5 Å². The fraction of sp³-hybridized carbons (Fsp3) is 0.286. The van der Waals surface area contributed by atoms with Crippen LogP contribution in [0.15, 0.2) is 35.0 Å². The third kappa shape index (κ3) is 2.21. The molecule has 4 heteroatoms. The van der Waals surface area contributed by atoms with Crippen LogP contribution in [0.2, 0.25) is 0 Å². The monoisotopic (exact) mass is 261 g/mol. The van der Waals surface area contributed by atoms with Gasteiger partial charge in [0.05, 0.1) is 0 Å². The molecule has 1 aromatic carbocycles. The maximum Gasteiger partial charge on any atom is 0.166 e. The molecule has 0 saturated carbocycles. The predicted octanol–water partition coefficient (Wildman–Crippen LogP) is 2.76. The van der Waals surface area contributed by atoms with E-state index >= 15 is 0 Å². The highest BCUT2D eigenvalue weighted by Gasteiger charge is 2.19. The van der Waals surface area contributed by atoms with E-state index in [-0.39, 0.29) is 6.04 Å². The lowest BCUT2D eigenvalue weighted by atomic mass is 10.00. The fourth-order valence-electron chi connectivity index (χ4n) is 2.16. The van der Waals surface area contributed by atoms with Crippen LogP contribution in [-0.2, 0) is 6.42 Å². The van der Waals surface area contributed by atoms with Crippen LogP contribution in [0.4, 0.5) is 0 Å². The summed E-state index contributed by atoms with van der Waals surface area (Å²) in [5, 5.41) is 4.20. The second-order valence-electron chi connectivity index (χ2n) is 4.31. The lowest BCUT2D eigenvalue weighted by Crippen LogP contribution is -2.20. The van der Waals surface area contributed by atoms with Gasteiger partial charge >= 0.3 is 0 Å². The van der Waals surface area contributed by atoms with Crippen LogP contribution in [0.3, 0.4) is 0 Å². The first-order chi connectivity index (χ1) is 8.84. The summed E-state index contributed by atoms with van der Waals surface area (Å²) in [5.41, 5.74) is 8.57. The summed E-state index contributed by atoms with van der Waals surface area (Å²) in [6.45, 7) is 1.20. The fourth-order valence-corrected chi connectivity index (χ4v) is 2.84. The van der Waals surface area contributed by atoms with Gasteiger partial charge in [0.2, 0.25) is 0 Å². The first-order valence-corrected chi connectivity index (χ1v) is 6.94. The minimum absolute atomic E-state index is 0.0590.